The van der Waals surface area contributed by atoms with Gasteiger partial charge in [-0.3, -0.25) is 4.79 Å². The molecule has 1 aromatic rings. The Balaban J connectivity index is 1.49. The molecule has 6 heteroatoms. The number of hydrogen-bond acceptors (Lipinski definition) is 5. The van der Waals surface area contributed by atoms with Crippen LogP contribution in [0.2, 0.25) is 0 Å². The average molecular weight is 368 g/mol. The SMILES string of the molecule is CC(OCC1CCCCO1)C(=O)Nc1cccc(C2SCCS2)c1. The molecule has 0 bridgehead atoms. The predicted octanol–water partition coefficient (Wildman–Crippen LogP) is 4.08. The molecule has 1 aromatic carbocycles. The zero-order chi connectivity index (χ0) is 16.8. The lowest BCUT2D eigenvalue weighted by Gasteiger charge is -2.24. The number of anilines is 1. The first kappa shape index (κ1) is 18.1. The number of carbonyl (C=O) groups is 1. The summed E-state index contributed by atoms with van der Waals surface area (Å²) in [5, 5.41) is 2.97. The van der Waals surface area contributed by atoms with Gasteiger partial charge in [0.05, 0.1) is 17.3 Å². The fourth-order valence-corrected chi connectivity index (χ4v) is 5.66. The quantitative estimate of drug-likeness (QED) is 0.821. The lowest BCUT2D eigenvalue weighted by Crippen LogP contribution is -2.32. The molecule has 4 nitrogen and oxygen atoms in total. The van der Waals surface area contributed by atoms with Crippen LogP contribution in [0.1, 0.15) is 36.3 Å². The Bertz CT molecular complexity index is 543. The van der Waals surface area contributed by atoms with Crippen molar-refractivity contribution in [2.75, 3.05) is 30.0 Å². The second kappa shape index (κ2) is 9.13. The fourth-order valence-electron chi connectivity index (χ4n) is 2.82. The van der Waals surface area contributed by atoms with Gasteiger partial charge in [-0.1, -0.05) is 12.1 Å². The number of rotatable bonds is 6. The molecular formula is C18H25NO3S2. The maximum atomic E-state index is 12.3. The van der Waals surface area contributed by atoms with E-state index < -0.39 is 6.10 Å². The summed E-state index contributed by atoms with van der Waals surface area (Å²) < 4.78 is 11.8. The predicted molar refractivity (Wildman–Crippen MR) is 102 cm³/mol. The minimum atomic E-state index is -0.477. The Morgan fingerprint density at radius 1 is 1.38 bits per heavy atom. The van der Waals surface area contributed by atoms with Gasteiger partial charge >= 0.3 is 0 Å². The van der Waals surface area contributed by atoms with Crippen LogP contribution in [-0.4, -0.2) is 42.8 Å². The topological polar surface area (TPSA) is 47.6 Å². The molecule has 0 radical (unpaired) electrons. The fraction of sp³-hybridized carbons (Fsp3) is 0.611. The zero-order valence-corrected chi connectivity index (χ0v) is 15.7. The molecule has 1 N–H and O–H groups in total. The van der Waals surface area contributed by atoms with Crippen LogP contribution in [0, 0.1) is 0 Å². The molecule has 2 fully saturated rings. The van der Waals surface area contributed by atoms with Crippen LogP contribution in [0.15, 0.2) is 24.3 Å². The summed E-state index contributed by atoms with van der Waals surface area (Å²) in [5.41, 5.74) is 2.11. The summed E-state index contributed by atoms with van der Waals surface area (Å²) in [5.74, 6) is 2.29. The monoisotopic (exact) mass is 367 g/mol. The van der Waals surface area contributed by atoms with E-state index in [2.05, 4.69) is 17.4 Å². The van der Waals surface area contributed by atoms with Crippen LogP contribution in [0.4, 0.5) is 5.69 Å². The first-order valence-electron chi connectivity index (χ1n) is 8.59. The molecule has 132 valence electrons. The third kappa shape index (κ3) is 5.15. The highest BCUT2D eigenvalue weighted by molar-refractivity contribution is 8.19. The lowest BCUT2D eigenvalue weighted by atomic mass is 10.1. The van der Waals surface area contributed by atoms with Crippen LogP contribution in [0.5, 0.6) is 0 Å². The second-order valence-electron chi connectivity index (χ2n) is 6.15. The Hall–Kier alpha value is -0.690. The van der Waals surface area contributed by atoms with Crippen molar-refractivity contribution in [1.82, 2.24) is 0 Å². The minimum Gasteiger partial charge on any atom is -0.376 e. The molecule has 2 aliphatic heterocycles. The molecule has 2 unspecified atom stereocenters. The highest BCUT2D eigenvalue weighted by atomic mass is 32.2. The number of hydrogen-bond donors (Lipinski definition) is 1. The van der Waals surface area contributed by atoms with Crippen molar-refractivity contribution in [2.45, 2.75) is 43.0 Å². The van der Waals surface area contributed by atoms with Crippen molar-refractivity contribution >= 4 is 35.1 Å². The molecule has 0 aliphatic carbocycles. The standard InChI is InChI=1S/C18H25NO3S2/c1-13(22-12-16-7-2-3-8-21-16)17(20)19-15-6-4-5-14(11-15)18-23-9-10-24-18/h4-6,11,13,16,18H,2-3,7-10,12H2,1H3,(H,19,20). The average Bonchev–Trinajstić information content (AvgIpc) is 3.15. The van der Waals surface area contributed by atoms with Gasteiger partial charge in [0.2, 0.25) is 0 Å². The van der Waals surface area contributed by atoms with Crippen molar-refractivity contribution in [2.24, 2.45) is 0 Å². The van der Waals surface area contributed by atoms with E-state index in [0.29, 0.717) is 11.2 Å². The van der Waals surface area contributed by atoms with Gasteiger partial charge in [0.1, 0.15) is 6.10 Å². The summed E-state index contributed by atoms with van der Waals surface area (Å²) in [6.45, 7) is 3.09. The van der Waals surface area contributed by atoms with Crippen molar-refractivity contribution in [3.8, 4) is 0 Å². The van der Waals surface area contributed by atoms with E-state index in [4.69, 9.17) is 9.47 Å². The van der Waals surface area contributed by atoms with E-state index in [1.165, 1.54) is 23.5 Å². The van der Waals surface area contributed by atoms with Gasteiger partial charge in [-0.15, -0.1) is 23.5 Å². The van der Waals surface area contributed by atoms with E-state index >= 15 is 0 Å². The van der Waals surface area contributed by atoms with E-state index in [1.54, 1.807) is 6.92 Å². The summed E-state index contributed by atoms with van der Waals surface area (Å²) >= 11 is 3.93. The smallest absolute Gasteiger partial charge is 0.253 e. The molecule has 2 saturated heterocycles. The molecule has 0 saturated carbocycles. The van der Waals surface area contributed by atoms with Crippen LogP contribution in [-0.2, 0) is 14.3 Å². The molecule has 0 aromatic heterocycles. The van der Waals surface area contributed by atoms with Crippen molar-refractivity contribution in [3.05, 3.63) is 29.8 Å². The van der Waals surface area contributed by atoms with Gasteiger partial charge in [-0.2, -0.15) is 0 Å². The van der Waals surface area contributed by atoms with Gasteiger partial charge in [0.15, 0.2) is 0 Å². The molecule has 3 rings (SSSR count). The maximum Gasteiger partial charge on any atom is 0.253 e. The Kier molecular flexibility index (Phi) is 6.89. The Morgan fingerprint density at radius 2 is 2.21 bits per heavy atom. The summed E-state index contributed by atoms with van der Waals surface area (Å²) in [6.07, 6.45) is 2.98. The van der Waals surface area contributed by atoms with E-state index in [1.807, 2.05) is 35.7 Å². The van der Waals surface area contributed by atoms with Crippen molar-refractivity contribution in [1.29, 1.82) is 0 Å². The molecule has 2 atom stereocenters. The highest BCUT2D eigenvalue weighted by Gasteiger charge is 2.21. The van der Waals surface area contributed by atoms with E-state index in [-0.39, 0.29) is 12.0 Å². The zero-order valence-electron chi connectivity index (χ0n) is 14.0. The first-order valence-corrected chi connectivity index (χ1v) is 10.7. The third-order valence-electron chi connectivity index (χ3n) is 4.22. The van der Waals surface area contributed by atoms with E-state index in [9.17, 15) is 4.79 Å². The molecule has 2 aliphatic rings. The maximum absolute atomic E-state index is 12.3. The molecule has 24 heavy (non-hydrogen) atoms. The van der Waals surface area contributed by atoms with Gasteiger partial charge in [0, 0.05) is 23.8 Å². The number of ether oxygens (including phenoxy) is 2. The second-order valence-corrected chi connectivity index (χ2v) is 8.88. The van der Waals surface area contributed by atoms with Crippen LogP contribution in [0.3, 0.4) is 0 Å². The summed E-state index contributed by atoms with van der Waals surface area (Å²) in [7, 11) is 0. The normalized spacial score (nSPS) is 23.1. The van der Waals surface area contributed by atoms with Gasteiger partial charge in [0.25, 0.3) is 5.91 Å². The summed E-state index contributed by atoms with van der Waals surface area (Å²) in [6, 6.07) is 8.14. The number of amides is 1. The van der Waals surface area contributed by atoms with Crippen molar-refractivity contribution < 1.29 is 14.3 Å². The number of benzene rings is 1. The Labute approximate surface area is 152 Å². The first-order chi connectivity index (χ1) is 11.7. The van der Waals surface area contributed by atoms with Crippen molar-refractivity contribution in [3.63, 3.8) is 0 Å². The highest BCUT2D eigenvalue weighted by Crippen LogP contribution is 2.45. The lowest BCUT2D eigenvalue weighted by molar-refractivity contribution is -0.130. The Morgan fingerprint density at radius 3 is 2.96 bits per heavy atom. The largest absolute Gasteiger partial charge is 0.376 e. The van der Waals surface area contributed by atoms with Crippen LogP contribution < -0.4 is 5.32 Å². The number of carbonyl (C=O) groups excluding carboxylic acids is 1. The van der Waals surface area contributed by atoms with Gasteiger partial charge in [-0.25, -0.2) is 0 Å². The molecule has 0 spiro atoms. The van der Waals surface area contributed by atoms with Crippen LogP contribution in [0.25, 0.3) is 0 Å². The van der Waals surface area contributed by atoms with Crippen LogP contribution >= 0.6 is 23.5 Å². The summed E-state index contributed by atoms with van der Waals surface area (Å²) in [4.78, 5) is 12.3. The number of thioether (sulfide) groups is 2. The van der Waals surface area contributed by atoms with Gasteiger partial charge < -0.3 is 14.8 Å². The third-order valence-corrected chi connectivity index (χ3v) is 7.33. The minimum absolute atomic E-state index is 0.102. The van der Waals surface area contributed by atoms with Gasteiger partial charge in [-0.05, 0) is 43.9 Å². The molecule has 1 amide bonds. The van der Waals surface area contributed by atoms with E-state index in [0.717, 1.165) is 25.1 Å². The molecular weight excluding hydrogens is 342 g/mol. The molecule has 2 heterocycles. The number of nitrogens with one attached hydrogen (secondary N) is 1.